The Balaban J connectivity index is 1.65. The minimum atomic E-state index is -0.0368. The zero-order chi connectivity index (χ0) is 12.1. The summed E-state index contributed by atoms with van der Waals surface area (Å²) in [6.07, 6.45) is 8.06. The SMILES string of the molecule is O=C1CCC(C(=O)NCCC2=CCCC2)CN1. The molecule has 1 heterocycles. The highest BCUT2D eigenvalue weighted by atomic mass is 16.2. The van der Waals surface area contributed by atoms with Crippen molar-refractivity contribution in [3.8, 4) is 0 Å². The maximum Gasteiger partial charge on any atom is 0.224 e. The van der Waals surface area contributed by atoms with Crippen LogP contribution in [0.1, 0.15) is 38.5 Å². The molecule has 0 radical (unpaired) electrons. The van der Waals surface area contributed by atoms with Crippen molar-refractivity contribution >= 4 is 11.8 Å². The van der Waals surface area contributed by atoms with Crippen LogP contribution in [0.2, 0.25) is 0 Å². The molecule has 2 rings (SSSR count). The van der Waals surface area contributed by atoms with Crippen molar-refractivity contribution in [3.05, 3.63) is 11.6 Å². The van der Waals surface area contributed by atoms with Gasteiger partial charge in [0.1, 0.15) is 0 Å². The van der Waals surface area contributed by atoms with Crippen molar-refractivity contribution in [2.45, 2.75) is 38.5 Å². The van der Waals surface area contributed by atoms with Gasteiger partial charge in [0, 0.05) is 19.5 Å². The van der Waals surface area contributed by atoms with E-state index in [9.17, 15) is 9.59 Å². The molecule has 1 aliphatic heterocycles. The van der Waals surface area contributed by atoms with Gasteiger partial charge in [-0.05, 0) is 32.1 Å². The van der Waals surface area contributed by atoms with E-state index in [4.69, 9.17) is 0 Å². The van der Waals surface area contributed by atoms with Crippen LogP contribution < -0.4 is 10.6 Å². The highest BCUT2D eigenvalue weighted by Gasteiger charge is 2.23. The van der Waals surface area contributed by atoms with Gasteiger partial charge in [0.05, 0.1) is 5.92 Å². The third kappa shape index (κ3) is 3.58. The topological polar surface area (TPSA) is 58.2 Å². The third-order valence-electron chi connectivity index (χ3n) is 3.52. The van der Waals surface area contributed by atoms with E-state index in [1.54, 1.807) is 0 Å². The van der Waals surface area contributed by atoms with Crippen LogP contribution in [0.15, 0.2) is 11.6 Å². The van der Waals surface area contributed by atoms with Gasteiger partial charge in [-0.15, -0.1) is 0 Å². The van der Waals surface area contributed by atoms with Crippen molar-refractivity contribution in [1.29, 1.82) is 0 Å². The Morgan fingerprint density at radius 3 is 3.00 bits per heavy atom. The first-order chi connectivity index (χ1) is 8.25. The Hall–Kier alpha value is -1.32. The lowest BCUT2D eigenvalue weighted by Crippen LogP contribution is -2.43. The number of rotatable bonds is 4. The molecule has 1 aliphatic carbocycles. The quantitative estimate of drug-likeness (QED) is 0.719. The summed E-state index contributed by atoms with van der Waals surface area (Å²) in [6.45, 7) is 1.22. The summed E-state index contributed by atoms with van der Waals surface area (Å²) in [5, 5.41) is 5.70. The summed E-state index contributed by atoms with van der Waals surface area (Å²) < 4.78 is 0. The van der Waals surface area contributed by atoms with Gasteiger partial charge >= 0.3 is 0 Å². The van der Waals surface area contributed by atoms with E-state index in [2.05, 4.69) is 16.7 Å². The average Bonchev–Trinajstić information content (AvgIpc) is 2.83. The Morgan fingerprint density at radius 2 is 2.35 bits per heavy atom. The molecule has 2 amide bonds. The Bertz CT molecular complexity index is 326. The molecule has 1 unspecified atom stereocenters. The molecule has 94 valence electrons. The van der Waals surface area contributed by atoms with Crippen LogP contribution in [0, 0.1) is 5.92 Å². The highest BCUT2D eigenvalue weighted by molar-refractivity contribution is 5.83. The van der Waals surface area contributed by atoms with Crippen LogP contribution in [0.25, 0.3) is 0 Å². The number of carbonyl (C=O) groups is 2. The minimum Gasteiger partial charge on any atom is -0.355 e. The minimum absolute atomic E-state index is 0.0368. The second-order valence-electron chi connectivity index (χ2n) is 4.84. The Morgan fingerprint density at radius 1 is 1.47 bits per heavy atom. The fourth-order valence-electron chi connectivity index (χ4n) is 2.41. The summed E-state index contributed by atoms with van der Waals surface area (Å²) >= 11 is 0. The van der Waals surface area contributed by atoms with Crippen molar-refractivity contribution in [3.63, 3.8) is 0 Å². The molecule has 1 fully saturated rings. The number of piperidine rings is 1. The lowest BCUT2D eigenvalue weighted by atomic mass is 9.98. The predicted molar refractivity (Wildman–Crippen MR) is 65.3 cm³/mol. The monoisotopic (exact) mass is 236 g/mol. The first-order valence-electron chi connectivity index (χ1n) is 6.48. The highest BCUT2D eigenvalue weighted by Crippen LogP contribution is 2.19. The Labute approximate surface area is 102 Å². The summed E-state index contributed by atoms with van der Waals surface area (Å²) in [6, 6.07) is 0. The molecule has 0 saturated carbocycles. The first kappa shape index (κ1) is 12.1. The van der Waals surface area contributed by atoms with Gasteiger partial charge in [-0.2, -0.15) is 0 Å². The molecule has 1 atom stereocenters. The van der Waals surface area contributed by atoms with E-state index in [0.717, 1.165) is 13.0 Å². The average molecular weight is 236 g/mol. The molecule has 4 heteroatoms. The van der Waals surface area contributed by atoms with E-state index in [1.807, 2.05) is 0 Å². The zero-order valence-corrected chi connectivity index (χ0v) is 10.1. The fraction of sp³-hybridized carbons (Fsp3) is 0.692. The van der Waals surface area contributed by atoms with E-state index in [0.29, 0.717) is 19.4 Å². The Kier molecular flexibility index (Phi) is 4.18. The molecule has 0 bridgehead atoms. The van der Waals surface area contributed by atoms with Crippen molar-refractivity contribution in [2.75, 3.05) is 13.1 Å². The molecule has 0 aromatic carbocycles. The van der Waals surface area contributed by atoms with Gasteiger partial charge in [0.2, 0.25) is 11.8 Å². The van der Waals surface area contributed by atoms with Gasteiger partial charge in [-0.1, -0.05) is 11.6 Å². The normalized spacial score (nSPS) is 24.1. The molecule has 2 N–H and O–H groups in total. The number of nitrogens with one attached hydrogen (secondary N) is 2. The van der Waals surface area contributed by atoms with Gasteiger partial charge in [-0.25, -0.2) is 0 Å². The second kappa shape index (κ2) is 5.84. The number of hydrogen-bond donors (Lipinski definition) is 2. The summed E-state index contributed by atoms with van der Waals surface area (Å²) in [7, 11) is 0. The van der Waals surface area contributed by atoms with Crippen LogP contribution in [0.4, 0.5) is 0 Å². The number of hydrogen-bond acceptors (Lipinski definition) is 2. The smallest absolute Gasteiger partial charge is 0.224 e. The predicted octanol–water partition coefficient (Wildman–Crippen LogP) is 1.13. The first-order valence-corrected chi connectivity index (χ1v) is 6.48. The van der Waals surface area contributed by atoms with Crippen LogP contribution in [0.3, 0.4) is 0 Å². The summed E-state index contributed by atoms with van der Waals surface area (Å²) in [5.41, 5.74) is 1.47. The maximum absolute atomic E-state index is 11.8. The van der Waals surface area contributed by atoms with Crippen LogP contribution >= 0.6 is 0 Å². The van der Waals surface area contributed by atoms with Crippen molar-refractivity contribution in [2.24, 2.45) is 5.92 Å². The van der Waals surface area contributed by atoms with E-state index in [-0.39, 0.29) is 17.7 Å². The number of amides is 2. The molecule has 17 heavy (non-hydrogen) atoms. The molecule has 4 nitrogen and oxygen atoms in total. The molecule has 2 aliphatic rings. The molecule has 0 spiro atoms. The van der Waals surface area contributed by atoms with Crippen molar-refractivity contribution < 1.29 is 9.59 Å². The third-order valence-corrected chi connectivity index (χ3v) is 3.52. The maximum atomic E-state index is 11.8. The van der Waals surface area contributed by atoms with E-state index >= 15 is 0 Å². The largest absolute Gasteiger partial charge is 0.355 e. The lowest BCUT2D eigenvalue weighted by molar-refractivity contribution is -0.128. The fourth-order valence-corrected chi connectivity index (χ4v) is 2.41. The van der Waals surface area contributed by atoms with Crippen LogP contribution in [0.5, 0.6) is 0 Å². The molecular formula is C13H20N2O2. The van der Waals surface area contributed by atoms with Gasteiger partial charge in [0.15, 0.2) is 0 Å². The van der Waals surface area contributed by atoms with E-state index in [1.165, 1.54) is 24.8 Å². The van der Waals surface area contributed by atoms with Gasteiger partial charge < -0.3 is 10.6 Å². The molecular weight excluding hydrogens is 216 g/mol. The van der Waals surface area contributed by atoms with Gasteiger partial charge in [0.25, 0.3) is 0 Å². The van der Waals surface area contributed by atoms with Gasteiger partial charge in [-0.3, -0.25) is 9.59 Å². The number of allylic oxidation sites excluding steroid dienone is 1. The molecule has 1 saturated heterocycles. The van der Waals surface area contributed by atoms with Crippen LogP contribution in [-0.2, 0) is 9.59 Å². The zero-order valence-electron chi connectivity index (χ0n) is 10.1. The summed E-state index contributed by atoms with van der Waals surface area (Å²) in [5.74, 6) is 0.110. The lowest BCUT2D eigenvalue weighted by Gasteiger charge is -2.21. The standard InChI is InChI=1S/C13H20N2O2/c16-12-6-5-11(9-15-12)13(17)14-8-7-10-3-1-2-4-10/h3,11H,1-2,4-9H2,(H,14,17)(H,15,16). The summed E-state index contributed by atoms with van der Waals surface area (Å²) in [4.78, 5) is 22.8. The van der Waals surface area contributed by atoms with Crippen LogP contribution in [-0.4, -0.2) is 24.9 Å². The molecule has 0 aromatic rings. The van der Waals surface area contributed by atoms with E-state index < -0.39 is 0 Å². The number of carbonyl (C=O) groups excluding carboxylic acids is 2. The molecule has 0 aromatic heterocycles. The second-order valence-corrected chi connectivity index (χ2v) is 4.84. The van der Waals surface area contributed by atoms with Crippen molar-refractivity contribution in [1.82, 2.24) is 10.6 Å².